The number of fused-ring (bicyclic) bond motifs is 1. The third kappa shape index (κ3) is 0.859. The van der Waals surface area contributed by atoms with Crippen LogP contribution in [0.2, 0.25) is 0 Å². The second-order valence-corrected chi connectivity index (χ2v) is 4.41. The minimum Gasteiger partial charge on any atom is -0.330 e. The van der Waals surface area contributed by atoms with Crippen molar-refractivity contribution in [1.29, 1.82) is 0 Å². The fraction of sp³-hybridized carbons (Fsp3) is 1.00. The van der Waals surface area contributed by atoms with Gasteiger partial charge in [0.2, 0.25) is 0 Å². The first kappa shape index (κ1) is 6.44. The zero-order chi connectivity index (χ0) is 7.42. The maximum Gasteiger partial charge on any atom is 0.00966 e. The van der Waals surface area contributed by atoms with Gasteiger partial charge in [-0.05, 0) is 37.1 Å². The van der Waals surface area contributed by atoms with Crippen LogP contribution in [0, 0.1) is 17.8 Å². The normalized spacial score (nSPS) is 49.4. The van der Waals surface area contributed by atoms with Crippen molar-refractivity contribution < 1.29 is 0 Å². The Kier molecular flexibility index (Phi) is 1.16. The number of hydrogen-bond acceptors (Lipinski definition) is 2. The van der Waals surface area contributed by atoms with Crippen LogP contribution in [-0.4, -0.2) is 30.6 Å². The van der Waals surface area contributed by atoms with Gasteiger partial charge in [-0.1, -0.05) is 0 Å². The van der Waals surface area contributed by atoms with Gasteiger partial charge in [0.1, 0.15) is 0 Å². The minimum atomic E-state index is 0.907. The van der Waals surface area contributed by atoms with E-state index in [1.54, 1.807) is 0 Å². The average molecular weight is 152 g/mol. The Morgan fingerprint density at radius 2 is 1.82 bits per heavy atom. The van der Waals surface area contributed by atoms with E-state index in [4.69, 9.17) is 5.73 Å². The smallest absolute Gasteiger partial charge is 0.00966 e. The monoisotopic (exact) mass is 152 g/mol. The van der Waals surface area contributed by atoms with E-state index in [2.05, 4.69) is 4.90 Å². The van der Waals surface area contributed by atoms with Crippen molar-refractivity contribution in [3.8, 4) is 0 Å². The zero-order valence-electron chi connectivity index (χ0n) is 6.87. The summed E-state index contributed by atoms with van der Waals surface area (Å²) in [4.78, 5) is 2.68. The third-order valence-electron chi connectivity index (χ3n) is 3.74. The van der Waals surface area contributed by atoms with Gasteiger partial charge >= 0.3 is 0 Å². The Balaban J connectivity index is 1.59. The Morgan fingerprint density at radius 1 is 1.18 bits per heavy atom. The van der Waals surface area contributed by atoms with E-state index in [0.29, 0.717) is 0 Å². The lowest BCUT2D eigenvalue weighted by molar-refractivity contribution is 0.277. The summed E-state index contributed by atoms with van der Waals surface area (Å²) in [5, 5.41) is 0. The number of piperidine rings is 1. The van der Waals surface area contributed by atoms with Crippen LogP contribution in [0.3, 0.4) is 0 Å². The lowest BCUT2D eigenvalue weighted by atomic mass is 10.2. The second kappa shape index (κ2) is 1.99. The van der Waals surface area contributed by atoms with Gasteiger partial charge in [-0.15, -0.1) is 0 Å². The molecule has 0 aromatic rings. The van der Waals surface area contributed by atoms with E-state index in [9.17, 15) is 0 Å². The maximum absolute atomic E-state index is 5.64. The lowest BCUT2D eigenvalue weighted by Crippen LogP contribution is -2.28. The molecule has 2 heteroatoms. The van der Waals surface area contributed by atoms with Crippen LogP contribution in [0.25, 0.3) is 0 Å². The van der Waals surface area contributed by atoms with Crippen molar-refractivity contribution in [2.24, 2.45) is 23.5 Å². The summed E-state index contributed by atoms with van der Waals surface area (Å²) in [6.45, 7) is 3.68. The van der Waals surface area contributed by atoms with E-state index >= 15 is 0 Å². The molecule has 0 bridgehead atoms. The van der Waals surface area contributed by atoms with E-state index in [1.165, 1.54) is 25.9 Å². The number of hydrogen-bond donors (Lipinski definition) is 1. The standard InChI is InChI=1S/C9H16N2/c10-3-7-8-4-11(5-9(7)8)6-1-2-6/h6-9H,1-5,10H2. The van der Waals surface area contributed by atoms with Crippen LogP contribution in [0.5, 0.6) is 0 Å². The van der Waals surface area contributed by atoms with Crippen molar-refractivity contribution in [2.75, 3.05) is 19.6 Å². The Labute approximate surface area is 67.7 Å². The first-order valence-electron chi connectivity index (χ1n) is 4.84. The van der Waals surface area contributed by atoms with Crippen molar-refractivity contribution >= 4 is 0 Å². The summed E-state index contributed by atoms with van der Waals surface area (Å²) in [7, 11) is 0. The zero-order valence-corrected chi connectivity index (χ0v) is 6.87. The van der Waals surface area contributed by atoms with Crippen LogP contribution in [0.4, 0.5) is 0 Å². The quantitative estimate of drug-likeness (QED) is 0.616. The van der Waals surface area contributed by atoms with Gasteiger partial charge in [-0.3, -0.25) is 4.90 Å². The summed E-state index contributed by atoms with van der Waals surface area (Å²) in [5.41, 5.74) is 5.64. The van der Waals surface area contributed by atoms with E-state index in [0.717, 1.165) is 30.3 Å². The summed E-state index contributed by atoms with van der Waals surface area (Å²) >= 11 is 0. The molecule has 2 N–H and O–H groups in total. The molecule has 2 saturated carbocycles. The third-order valence-corrected chi connectivity index (χ3v) is 3.74. The molecule has 1 heterocycles. The Morgan fingerprint density at radius 3 is 2.27 bits per heavy atom. The van der Waals surface area contributed by atoms with Gasteiger partial charge < -0.3 is 5.73 Å². The van der Waals surface area contributed by atoms with E-state index < -0.39 is 0 Å². The topological polar surface area (TPSA) is 29.3 Å². The number of rotatable bonds is 2. The van der Waals surface area contributed by atoms with Crippen LogP contribution in [-0.2, 0) is 0 Å². The molecular formula is C9H16N2. The number of nitrogens with two attached hydrogens (primary N) is 1. The number of nitrogens with zero attached hydrogens (tertiary/aromatic N) is 1. The fourth-order valence-corrected chi connectivity index (χ4v) is 2.77. The maximum atomic E-state index is 5.64. The van der Waals surface area contributed by atoms with Crippen LogP contribution in [0.15, 0.2) is 0 Å². The Bertz CT molecular complexity index is 164. The van der Waals surface area contributed by atoms with Crippen molar-refractivity contribution in [1.82, 2.24) is 4.90 Å². The van der Waals surface area contributed by atoms with Crippen LogP contribution >= 0.6 is 0 Å². The first-order chi connectivity index (χ1) is 5.40. The summed E-state index contributed by atoms with van der Waals surface area (Å²) < 4.78 is 0. The largest absolute Gasteiger partial charge is 0.330 e. The molecule has 3 fully saturated rings. The highest BCUT2D eigenvalue weighted by molar-refractivity contribution is 5.07. The molecule has 62 valence electrons. The molecule has 2 unspecified atom stereocenters. The highest BCUT2D eigenvalue weighted by atomic mass is 15.2. The first-order valence-corrected chi connectivity index (χ1v) is 4.84. The molecule has 11 heavy (non-hydrogen) atoms. The molecule has 0 spiro atoms. The van der Waals surface area contributed by atoms with Crippen molar-refractivity contribution in [2.45, 2.75) is 18.9 Å². The van der Waals surface area contributed by atoms with E-state index in [-0.39, 0.29) is 0 Å². The molecule has 0 radical (unpaired) electrons. The van der Waals surface area contributed by atoms with Gasteiger partial charge in [0, 0.05) is 19.1 Å². The molecule has 0 aromatic heterocycles. The van der Waals surface area contributed by atoms with E-state index in [1.807, 2.05) is 0 Å². The van der Waals surface area contributed by atoms with Gasteiger partial charge in [0.15, 0.2) is 0 Å². The lowest BCUT2D eigenvalue weighted by Gasteiger charge is -2.17. The second-order valence-electron chi connectivity index (χ2n) is 4.41. The molecule has 0 aromatic carbocycles. The fourth-order valence-electron chi connectivity index (χ4n) is 2.77. The summed E-state index contributed by atoms with van der Waals surface area (Å²) in [5.74, 6) is 2.91. The molecule has 3 aliphatic rings. The average Bonchev–Trinajstić information content (AvgIpc) is 2.91. The molecule has 3 rings (SSSR count). The SMILES string of the molecule is NCC1C2CN(C3CC3)CC12. The molecule has 2 atom stereocenters. The van der Waals surface area contributed by atoms with Crippen LogP contribution in [0.1, 0.15) is 12.8 Å². The van der Waals surface area contributed by atoms with Crippen molar-refractivity contribution in [3.05, 3.63) is 0 Å². The molecule has 2 aliphatic carbocycles. The molecular weight excluding hydrogens is 136 g/mol. The van der Waals surface area contributed by atoms with Gasteiger partial charge in [0.05, 0.1) is 0 Å². The molecule has 2 nitrogen and oxygen atoms in total. The predicted molar refractivity (Wildman–Crippen MR) is 44.1 cm³/mol. The van der Waals surface area contributed by atoms with Gasteiger partial charge in [0.25, 0.3) is 0 Å². The van der Waals surface area contributed by atoms with Crippen LogP contribution < -0.4 is 5.73 Å². The highest BCUT2D eigenvalue weighted by Gasteiger charge is 2.56. The predicted octanol–water partition coefficient (Wildman–Crippen LogP) is 0.285. The van der Waals surface area contributed by atoms with Crippen molar-refractivity contribution in [3.63, 3.8) is 0 Å². The minimum absolute atomic E-state index is 0.907. The molecule has 0 amide bonds. The summed E-state index contributed by atoms with van der Waals surface area (Å²) in [6.07, 6.45) is 2.93. The Hall–Kier alpha value is -0.0800. The molecule has 1 saturated heterocycles. The van der Waals surface area contributed by atoms with Gasteiger partial charge in [-0.25, -0.2) is 0 Å². The highest BCUT2D eigenvalue weighted by Crippen LogP contribution is 2.52. The number of likely N-dealkylation sites (tertiary alicyclic amines) is 1. The summed E-state index contributed by atoms with van der Waals surface area (Å²) in [6, 6.07) is 0.987. The molecule has 1 aliphatic heterocycles. The van der Waals surface area contributed by atoms with Gasteiger partial charge in [-0.2, -0.15) is 0 Å².